The summed E-state index contributed by atoms with van der Waals surface area (Å²) in [6, 6.07) is 13.5. The SMILES string of the molecule is CCCOc1ccc(-c2csc(NC(=O)c3ccccc3F)n2)cc1. The number of halogens is 1. The van der Waals surface area contributed by atoms with Gasteiger partial charge in [0.05, 0.1) is 17.9 Å². The molecule has 25 heavy (non-hydrogen) atoms. The average Bonchev–Trinajstić information content (AvgIpc) is 3.09. The Kier molecular flexibility index (Phi) is 5.40. The quantitative estimate of drug-likeness (QED) is 0.677. The molecule has 0 unspecified atom stereocenters. The lowest BCUT2D eigenvalue weighted by atomic mass is 10.2. The number of benzene rings is 2. The molecular weight excluding hydrogens is 339 g/mol. The van der Waals surface area contributed by atoms with Gasteiger partial charge in [-0.15, -0.1) is 11.3 Å². The van der Waals surface area contributed by atoms with Crippen LogP contribution in [-0.4, -0.2) is 17.5 Å². The zero-order valence-electron chi connectivity index (χ0n) is 13.7. The number of nitrogens with one attached hydrogen (secondary N) is 1. The largest absolute Gasteiger partial charge is 0.494 e. The van der Waals surface area contributed by atoms with E-state index in [-0.39, 0.29) is 5.56 Å². The number of anilines is 1. The van der Waals surface area contributed by atoms with Gasteiger partial charge < -0.3 is 4.74 Å². The van der Waals surface area contributed by atoms with Crippen molar-refractivity contribution in [3.05, 3.63) is 65.3 Å². The number of hydrogen-bond donors (Lipinski definition) is 1. The number of aromatic nitrogens is 1. The minimum absolute atomic E-state index is 0.00308. The van der Waals surface area contributed by atoms with Crippen molar-refractivity contribution in [3.8, 4) is 17.0 Å². The minimum atomic E-state index is -0.556. The molecule has 3 aromatic rings. The van der Waals surface area contributed by atoms with Gasteiger partial charge in [-0.25, -0.2) is 9.37 Å². The molecule has 0 radical (unpaired) electrons. The summed E-state index contributed by atoms with van der Waals surface area (Å²) in [6.45, 7) is 2.74. The van der Waals surface area contributed by atoms with Crippen LogP contribution >= 0.6 is 11.3 Å². The van der Waals surface area contributed by atoms with Gasteiger partial charge in [-0.3, -0.25) is 10.1 Å². The van der Waals surface area contributed by atoms with E-state index in [1.165, 1.54) is 23.5 Å². The monoisotopic (exact) mass is 356 g/mol. The summed E-state index contributed by atoms with van der Waals surface area (Å²) >= 11 is 1.29. The van der Waals surface area contributed by atoms with Crippen LogP contribution in [-0.2, 0) is 0 Å². The minimum Gasteiger partial charge on any atom is -0.494 e. The maximum Gasteiger partial charge on any atom is 0.260 e. The fourth-order valence-electron chi connectivity index (χ4n) is 2.22. The summed E-state index contributed by atoms with van der Waals surface area (Å²) in [7, 11) is 0. The van der Waals surface area contributed by atoms with E-state index in [4.69, 9.17) is 4.74 Å². The summed E-state index contributed by atoms with van der Waals surface area (Å²) in [5.41, 5.74) is 1.67. The maximum atomic E-state index is 13.6. The molecule has 4 nitrogen and oxygen atoms in total. The van der Waals surface area contributed by atoms with E-state index in [0.29, 0.717) is 11.7 Å². The molecule has 128 valence electrons. The van der Waals surface area contributed by atoms with Crippen LogP contribution in [0.2, 0.25) is 0 Å². The van der Waals surface area contributed by atoms with Crippen LogP contribution in [0.15, 0.2) is 53.9 Å². The van der Waals surface area contributed by atoms with Gasteiger partial charge in [-0.05, 0) is 42.8 Å². The molecule has 0 bridgehead atoms. The first-order valence-electron chi connectivity index (χ1n) is 7.92. The molecule has 6 heteroatoms. The molecule has 1 heterocycles. The first-order chi connectivity index (χ1) is 12.2. The second-order valence-electron chi connectivity index (χ2n) is 5.34. The fraction of sp³-hybridized carbons (Fsp3) is 0.158. The molecule has 3 rings (SSSR count). The Balaban J connectivity index is 1.70. The first kappa shape index (κ1) is 17.1. The third-order valence-corrected chi connectivity index (χ3v) is 4.22. The van der Waals surface area contributed by atoms with Gasteiger partial charge in [0.2, 0.25) is 0 Å². The highest BCUT2D eigenvalue weighted by Crippen LogP contribution is 2.27. The number of carbonyl (C=O) groups excluding carboxylic acids is 1. The molecule has 0 aliphatic heterocycles. The Labute approximate surface area is 149 Å². The van der Waals surface area contributed by atoms with Crippen LogP contribution in [0, 0.1) is 5.82 Å². The number of nitrogens with zero attached hydrogens (tertiary/aromatic N) is 1. The predicted octanol–water partition coefficient (Wildman–Crippen LogP) is 4.99. The van der Waals surface area contributed by atoms with E-state index in [9.17, 15) is 9.18 Å². The van der Waals surface area contributed by atoms with E-state index in [2.05, 4.69) is 17.2 Å². The topological polar surface area (TPSA) is 51.2 Å². The summed E-state index contributed by atoms with van der Waals surface area (Å²) in [4.78, 5) is 16.5. The Bertz CT molecular complexity index is 862. The van der Waals surface area contributed by atoms with Crippen molar-refractivity contribution in [2.24, 2.45) is 0 Å². The molecule has 0 aliphatic carbocycles. The second-order valence-corrected chi connectivity index (χ2v) is 6.20. The Morgan fingerprint density at radius 3 is 2.68 bits per heavy atom. The highest BCUT2D eigenvalue weighted by molar-refractivity contribution is 7.14. The average molecular weight is 356 g/mol. The van der Waals surface area contributed by atoms with Gasteiger partial charge in [0.25, 0.3) is 5.91 Å². The van der Waals surface area contributed by atoms with Crippen molar-refractivity contribution in [1.82, 2.24) is 4.98 Å². The number of hydrogen-bond acceptors (Lipinski definition) is 4. The standard InChI is InChI=1S/C19H17FN2O2S/c1-2-11-24-14-9-7-13(8-10-14)17-12-25-19(21-17)22-18(23)15-5-3-4-6-16(15)20/h3-10,12H,2,11H2,1H3,(H,21,22,23). The van der Waals surface area contributed by atoms with Gasteiger partial charge >= 0.3 is 0 Å². The van der Waals surface area contributed by atoms with Gasteiger partial charge in [0.1, 0.15) is 11.6 Å². The fourth-order valence-corrected chi connectivity index (χ4v) is 2.93. The Morgan fingerprint density at radius 1 is 1.20 bits per heavy atom. The molecule has 2 aromatic carbocycles. The normalized spacial score (nSPS) is 10.5. The zero-order valence-corrected chi connectivity index (χ0v) is 14.5. The van der Waals surface area contributed by atoms with Crippen molar-refractivity contribution in [3.63, 3.8) is 0 Å². The molecule has 0 saturated carbocycles. The van der Waals surface area contributed by atoms with E-state index in [1.54, 1.807) is 12.1 Å². The maximum absolute atomic E-state index is 13.6. The Morgan fingerprint density at radius 2 is 1.96 bits per heavy atom. The highest BCUT2D eigenvalue weighted by atomic mass is 32.1. The van der Waals surface area contributed by atoms with Crippen LogP contribution in [0.5, 0.6) is 5.75 Å². The van der Waals surface area contributed by atoms with Crippen molar-refractivity contribution < 1.29 is 13.9 Å². The summed E-state index contributed by atoms with van der Waals surface area (Å²) < 4.78 is 19.2. The molecule has 0 spiro atoms. The van der Waals surface area contributed by atoms with Crippen LogP contribution in [0.1, 0.15) is 23.7 Å². The third-order valence-electron chi connectivity index (χ3n) is 3.47. The molecule has 1 amide bonds. The molecule has 0 atom stereocenters. The van der Waals surface area contributed by atoms with E-state index >= 15 is 0 Å². The lowest BCUT2D eigenvalue weighted by Gasteiger charge is -2.05. The van der Waals surface area contributed by atoms with Crippen molar-refractivity contribution in [2.45, 2.75) is 13.3 Å². The summed E-state index contributed by atoms with van der Waals surface area (Å²) in [5, 5.41) is 4.90. The van der Waals surface area contributed by atoms with Gasteiger partial charge in [-0.2, -0.15) is 0 Å². The number of amides is 1. The number of ether oxygens (including phenoxy) is 1. The molecule has 0 aliphatic rings. The van der Waals surface area contributed by atoms with E-state index in [1.807, 2.05) is 29.6 Å². The zero-order chi connectivity index (χ0) is 17.6. The van der Waals surface area contributed by atoms with Crippen LogP contribution in [0.25, 0.3) is 11.3 Å². The summed E-state index contributed by atoms with van der Waals surface area (Å²) in [5.74, 6) is -0.254. The van der Waals surface area contributed by atoms with Crippen LogP contribution in [0.4, 0.5) is 9.52 Å². The van der Waals surface area contributed by atoms with Crippen molar-refractivity contribution in [2.75, 3.05) is 11.9 Å². The number of thiazole rings is 1. The molecule has 1 aromatic heterocycles. The molecule has 1 N–H and O–H groups in total. The smallest absolute Gasteiger partial charge is 0.260 e. The highest BCUT2D eigenvalue weighted by Gasteiger charge is 2.13. The molecule has 0 saturated heterocycles. The van der Waals surface area contributed by atoms with E-state index < -0.39 is 11.7 Å². The van der Waals surface area contributed by atoms with E-state index in [0.717, 1.165) is 23.4 Å². The lowest BCUT2D eigenvalue weighted by molar-refractivity contribution is 0.102. The van der Waals surface area contributed by atoms with Gasteiger partial charge in [-0.1, -0.05) is 19.1 Å². The van der Waals surface area contributed by atoms with Gasteiger partial charge in [0.15, 0.2) is 5.13 Å². The molecule has 0 fully saturated rings. The first-order valence-corrected chi connectivity index (χ1v) is 8.80. The van der Waals surface area contributed by atoms with Crippen molar-refractivity contribution >= 4 is 22.4 Å². The second kappa shape index (κ2) is 7.90. The van der Waals surface area contributed by atoms with Gasteiger partial charge in [0, 0.05) is 10.9 Å². The van der Waals surface area contributed by atoms with Crippen molar-refractivity contribution in [1.29, 1.82) is 0 Å². The Hall–Kier alpha value is -2.73. The number of rotatable bonds is 6. The van der Waals surface area contributed by atoms with Crippen LogP contribution < -0.4 is 10.1 Å². The lowest BCUT2D eigenvalue weighted by Crippen LogP contribution is -2.13. The van der Waals surface area contributed by atoms with Crippen LogP contribution in [0.3, 0.4) is 0 Å². The predicted molar refractivity (Wildman–Crippen MR) is 97.7 cm³/mol. The number of carbonyl (C=O) groups is 1. The molecular formula is C19H17FN2O2S. The summed E-state index contributed by atoms with van der Waals surface area (Å²) in [6.07, 6.45) is 0.957. The third kappa shape index (κ3) is 4.22.